The minimum atomic E-state index is -0.148. The number of hydrogen-bond acceptors (Lipinski definition) is 2. The van der Waals surface area contributed by atoms with E-state index < -0.39 is 0 Å². The minimum Gasteiger partial charge on any atom is -0.266 e. The number of rotatable bonds is 1. The third-order valence-corrected chi connectivity index (χ3v) is 2.06. The maximum atomic E-state index is 11.1. The van der Waals surface area contributed by atoms with Gasteiger partial charge in [0.25, 0.3) is 5.56 Å². The van der Waals surface area contributed by atoms with Crippen LogP contribution in [0.4, 0.5) is 0 Å². The molecule has 14 heavy (non-hydrogen) atoms. The van der Waals surface area contributed by atoms with E-state index in [1.54, 1.807) is 6.92 Å². The van der Waals surface area contributed by atoms with E-state index in [0.717, 1.165) is 5.69 Å². The second kappa shape index (κ2) is 3.14. The Morgan fingerprint density at radius 3 is 2.36 bits per heavy atom. The molecule has 0 bridgehead atoms. The summed E-state index contributed by atoms with van der Waals surface area (Å²) >= 11 is 0. The van der Waals surface area contributed by atoms with Crippen molar-refractivity contribution >= 4 is 0 Å². The van der Waals surface area contributed by atoms with Gasteiger partial charge in [-0.25, -0.2) is 5.10 Å². The van der Waals surface area contributed by atoms with E-state index in [-0.39, 0.29) is 5.56 Å². The summed E-state index contributed by atoms with van der Waals surface area (Å²) in [6, 6.07) is 7.78. The van der Waals surface area contributed by atoms with E-state index in [9.17, 15) is 4.79 Å². The molecule has 0 aliphatic carbocycles. The molecule has 4 heteroatoms. The standard InChI is InChI=1S/C10H11N3O/c1-7-3-5-9(6-4-7)13-11-8(2)10(14)12-13/h3-6H,1-2H3,(H,12,14). The van der Waals surface area contributed by atoms with Gasteiger partial charge in [0.2, 0.25) is 0 Å². The molecular formula is C10H11N3O. The lowest BCUT2D eigenvalue weighted by molar-refractivity contribution is 0.740. The molecule has 0 radical (unpaired) electrons. The first kappa shape index (κ1) is 8.74. The zero-order chi connectivity index (χ0) is 10.1. The summed E-state index contributed by atoms with van der Waals surface area (Å²) in [4.78, 5) is 12.6. The van der Waals surface area contributed by atoms with Crippen LogP contribution >= 0.6 is 0 Å². The van der Waals surface area contributed by atoms with Gasteiger partial charge in [-0.3, -0.25) is 4.79 Å². The molecule has 1 N–H and O–H groups in total. The predicted molar refractivity (Wildman–Crippen MR) is 53.7 cm³/mol. The van der Waals surface area contributed by atoms with E-state index >= 15 is 0 Å². The topological polar surface area (TPSA) is 50.7 Å². The summed E-state index contributed by atoms with van der Waals surface area (Å²) in [6.45, 7) is 3.70. The number of aromatic nitrogens is 3. The molecule has 0 spiro atoms. The quantitative estimate of drug-likeness (QED) is 0.732. The molecule has 0 unspecified atom stereocenters. The summed E-state index contributed by atoms with van der Waals surface area (Å²) < 4.78 is 0. The second-order valence-corrected chi connectivity index (χ2v) is 3.27. The zero-order valence-electron chi connectivity index (χ0n) is 8.11. The van der Waals surface area contributed by atoms with Crippen LogP contribution in [0.3, 0.4) is 0 Å². The molecule has 1 aromatic heterocycles. The van der Waals surface area contributed by atoms with E-state index in [2.05, 4.69) is 10.2 Å². The molecule has 0 amide bonds. The van der Waals surface area contributed by atoms with Crippen molar-refractivity contribution in [1.82, 2.24) is 15.0 Å². The van der Waals surface area contributed by atoms with E-state index in [0.29, 0.717) is 5.69 Å². The molecule has 1 aromatic carbocycles. The summed E-state index contributed by atoms with van der Waals surface area (Å²) in [6.07, 6.45) is 0. The first-order chi connectivity index (χ1) is 6.66. The lowest BCUT2D eigenvalue weighted by atomic mass is 10.2. The van der Waals surface area contributed by atoms with Crippen LogP contribution in [-0.4, -0.2) is 15.0 Å². The van der Waals surface area contributed by atoms with Gasteiger partial charge in [0.1, 0.15) is 5.69 Å². The molecule has 0 saturated carbocycles. The van der Waals surface area contributed by atoms with Crippen LogP contribution in [0.2, 0.25) is 0 Å². The van der Waals surface area contributed by atoms with Crippen LogP contribution in [0, 0.1) is 13.8 Å². The van der Waals surface area contributed by atoms with Gasteiger partial charge < -0.3 is 0 Å². The maximum absolute atomic E-state index is 11.1. The Balaban J connectivity index is 2.49. The molecule has 72 valence electrons. The Hall–Kier alpha value is -1.84. The summed E-state index contributed by atoms with van der Waals surface area (Å²) in [5.74, 6) is 0. The third kappa shape index (κ3) is 1.46. The molecule has 1 heterocycles. The van der Waals surface area contributed by atoms with Crippen LogP contribution in [0.25, 0.3) is 5.69 Å². The maximum Gasteiger partial charge on any atom is 0.287 e. The number of nitrogens with one attached hydrogen (secondary N) is 1. The SMILES string of the molecule is Cc1ccc(-n2nc(C)c(=O)[nH]2)cc1. The number of benzene rings is 1. The number of hydrogen-bond donors (Lipinski definition) is 1. The Labute approximate surface area is 81.2 Å². The molecule has 0 saturated heterocycles. The van der Waals surface area contributed by atoms with Crippen LogP contribution in [0.5, 0.6) is 0 Å². The van der Waals surface area contributed by atoms with Gasteiger partial charge in [0.15, 0.2) is 0 Å². The molecule has 0 atom stereocenters. The van der Waals surface area contributed by atoms with Crippen LogP contribution in [0.15, 0.2) is 29.1 Å². The fourth-order valence-corrected chi connectivity index (χ4v) is 1.21. The van der Waals surface area contributed by atoms with E-state index in [4.69, 9.17) is 0 Å². The van der Waals surface area contributed by atoms with Gasteiger partial charge >= 0.3 is 0 Å². The largest absolute Gasteiger partial charge is 0.287 e. The normalized spacial score (nSPS) is 10.4. The lowest BCUT2D eigenvalue weighted by Gasteiger charge is -1.99. The number of aromatic amines is 1. The van der Waals surface area contributed by atoms with Gasteiger partial charge in [-0.05, 0) is 26.0 Å². The van der Waals surface area contributed by atoms with Crippen LogP contribution < -0.4 is 5.56 Å². The summed E-state index contributed by atoms with van der Waals surface area (Å²) in [5, 5.41) is 6.69. The molecular weight excluding hydrogens is 178 g/mol. The van der Waals surface area contributed by atoms with Crippen molar-refractivity contribution in [1.29, 1.82) is 0 Å². The van der Waals surface area contributed by atoms with E-state index in [1.807, 2.05) is 31.2 Å². The van der Waals surface area contributed by atoms with Crippen LogP contribution in [-0.2, 0) is 0 Å². The minimum absolute atomic E-state index is 0.148. The zero-order valence-corrected chi connectivity index (χ0v) is 8.11. The van der Waals surface area contributed by atoms with Gasteiger partial charge in [-0.1, -0.05) is 17.7 Å². The smallest absolute Gasteiger partial charge is 0.266 e. The fraction of sp³-hybridized carbons (Fsp3) is 0.200. The summed E-state index contributed by atoms with van der Waals surface area (Å²) in [5.41, 5.74) is 2.37. The van der Waals surface area contributed by atoms with Crippen molar-refractivity contribution in [3.63, 3.8) is 0 Å². The number of aryl methyl sites for hydroxylation is 2. The highest BCUT2D eigenvalue weighted by atomic mass is 16.1. The fourth-order valence-electron chi connectivity index (χ4n) is 1.21. The van der Waals surface area contributed by atoms with E-state index in [1.165, 1.54) is 10.4 Å². The van der Waals surface area contributed by atoms with Crippen molar-refractivity contribution in [3.8, 4) is 5.69 Å². The van der Waals surface area contributed by atoms with Crippen LogP contribution in [0.1, 0.15) is 11.3 Å². The van der Waals surface area contributed by atoms with Crippen molar-refractivity contribution in [2.45, 2.75) is 13.8 Å². The van der Waals surface area contributed by atoms with Gasteiger partial charge in [-0.2, -0.15) is 9.90 Å². The first-order valence-electron chi connectivity index (χ1n) is 4.40. The average molecular weight is 189 g/mol. The lowest BCUT2D eigenvalue weighted by Crippen LogP contribution is -2.05. The van der Waals surface area contributed by atoms with Gasteiger partial charge in [0.05, 0.1) is 5.69 Å². The van der Waals surface area contributed by atoms with Gasteiger partial charge in [0, 0.05) is 0 Å². The Morgan fingerprint density at radius 2 is 1.86 bits per heavy atom. The Bertz CT molecular complexity index is 493. The molecule has 0 aliphatic rings. The highest BCUT2D eigenvalue weighted by molar-refractivity contribution is 5.32. The third-order valence-electron chi connectivity index (χ3n) is 2.06. The van der Waals surface area contributed by atoms with Crippen molar-refractivity contribution in [2.24, 2.45) is 0 Å². The van der Waals surface area contributed by atoms with Gasteiger partial charge in [-0.15, -0.1) is 0 Å². The average Bonchev–Trinajstić information content (AvgIpc) is 2.48. The molecule has 4 nitrogen and oxygen atoms in total. The monoisotopic (exact) mass is 189 g/mol. The number of H-pyrrole nitrogens is 1. The summed E-state index contributed by atoms with van der Waals surface area (Å²) in [7, 11) is 0. The van der Waals surface area contributed by atoms with Crippen molar-refractivity contribution in [3.05, 3.63) is 45.9 Å². The molecule has 2 aromatic rings. The van der Waals surface area contributed by atoms with Crippen molar-refractivity contribution in [2.75, 3.05) is 0 Å². The first-order valence-corrected chi connectivity index (χ1v) is 4.40. The molecule has 2 rings (SSSR count). The van der Waals surface area contributed by atoms with Crippen molar-refractivity contribution < 1.29 is 0 Å². The predicted octanol–water partition coefficient (Wildman–Crippen LogP) is 1.18. The highest BCUT2D eigenvalue weighted by Gasteiger charge is 2.01. The highest BCUT2D eigenvalue weighted by Crippen LogP contribution is 2.05. The molecule has 0 fully saturated rings. The number of nitrogens with zero attached hydrogens (tertiary/aromatic N) is 2. The Kier molecular flexibility index (Phi) is 1.96. The molecule has 0 aliphatic heterocycles. The Morgan fingerprint density at radius 1 is 1.21 bits per heavy atom. The second-order valence-electron chi connectivity index (χ2n) is 3.27.